The van der Waals surface area contributed by atoms with Crippen LogP contribution in [0, 0.1) is 0 Å². The number of nitrogens with one attached hydrogen (secondary N) is 1. The van der Waals surface area contributed by atoms with Crippen LogP contribution >= 0.6 is 27.5 Å². The van der Waals surface area contributed by atoms with Crippen LogP contribution in [0.3, 0.4) is 0 Å². The molecular formula is C14H12BrClN2O. The van der Waals surface area contributed by atoms with E-state index in [4.69, 9.17) is 11.6 Å². The van der Waals surface area contributed by atoms with E-state index in [1.807, 2.05) is 30.3 Å². The predicted octanol–water partition coefficient (Wildman–Crippen LogP) is 3.55. The van der Waals surface area contributed by atoms with Crippen molar-refractivity contribution in [3.05, 3.63) is 64.4 Å². The van der Waals surface area contributed by atoms with Crippen molar-refractivity contribution in [1.29, 1.82) is 0 Å². The lowest BCUT2D eigenvalue weighted by atomic mass is 10.1. The van der Waals surface area contributed by atoms with Crippen LogP contribution in [0.1, 0.15) is 21.3 Å². The van der Waals surface area contributed by atoms with E-state index in [9.17, 15) is 4.79 Å². The molecule has 0 aliphatic rings. The van der Waals surface area contributed by atoms with Gasteiger partial charge in [-0.25, -0.2) is 0 Å². The molecule has 3 nitrogen and oxygen atoms in total. The summed E-state index contributed by atoms with van der Waals surface area (Å²) < 4.78 is 0.769. The monoisotopic (exact) mass is 338 g/mol. The number of halogens is 2. The van der Waals surface area contributed by atoms with E-state index in [1.54, 1.807) is 12.3 Å². The SMILES string of the molecule is O=C(NCC(Cl)c1ccccc1)c1cncc(Br)c1. The van der Waals surface area contributed by atoms with Gasteiger partial charge in [-0.05, 0) is 27.6 Å². The molecule has 0 spiro atoms. The molecule has 1 N–H and O–H groups in total. The summed E-state index contributed by atoms with van der Waals surface area (Å²) in [6.45, 7) is 0.372. The van der Waals surface area contributed by atoms with Gasteiger partial charge in [0.05, 0.1) is 10.9 Å². The smallest absolute Gasteiger partial charge is 0.252 e. The summed E-state index contributed by atoms with van der Waals surface area (Å²) in [6.07, 6.45) is 3.15. The fourth-order valence-corrected chi connectivity index (χ4v) is 2.19. The third kappa shape index (κ3) is 4.04. The molecule has 5 heteroatoms. The minimum absolute atomic E-state index is 0.185. The molecule has 1 aromatic heterocycles. The van der Waals surface area contributed by atoms with E-state index in [2.05, 4.69) is 26.2 Å². The zero-order chi connectivity index (χ0) is 13.7. The van der Waals surface area contributed by atoms with Crippen LogP contribution < -0.4 is 5.32 Å². The van der Waals surface area contributed by atoms with E-state index in [0.717, 1.165) is 10.0 Å². The Kier molecular flexibility index (Phi) is 4.93. The van der Waals surface area contributed by atoms with Crippen LogP contribution in [0.2, 0.25) is 0 Å². The van der Waals surface area contributed by atoms with E-state index in [-0.39, 0.29) is 11.3 Å². The number of amides is 1. The first-order valence-electron chi connectivity index (χ1n) is 5.74. The summed E-state index contributed by atoms with van der Waals surface area (Å²) in [6, 6.07) is 11.4. The van der Waals surface area contributed by atoms with Gasteiger partial charge in [0.25, 0.3) is 5.91 Å². The highest BCUT2D eigenvalue weighted by Crippen LogP contribution is 2.18. The molecule has 98 valence electrons. The van der Waals surface area contributed by atoms with Crippen LogP contribution in [-0.2, 0) is 0 Å². The van der Waals surface area contributed by atoms with Gasteiger partial charge in [-0.1, -0.05) is 30.3 Å². The Morgan fingerprint density at radius 2 is 2.05 bits per heavy atom. The fraction of sp³-hybridized carbons (Fsp3) is 0.143. The van der Waals surface area contributed by atoms with Crippen molar-refractivity contribution < 1.29 is 4.79 Å². The van der Waals surface area contributed by atoms with Crippen molar-refractivity contribution in [2.75, 3.05) is 6.54 Å². The fourth-order valence-electron chi connectivity index (χ4n) is 1.60. The first kappa shape index (κ1) is 14.0. The molecule has 0 radical (unpaired) electrons. The Balaban J connectivity index is 1.94. The van der Waals surface area contributed by atoms with Crippen molar-refractivity contribution >= 4 is 33.4 Å². The summed E-state index contributed by atoms with van der Waals surface area (Å²) >= 11 is 9.51. The third-order valence-corrected chi connectivity index (χ3v) is 3.41. The number of alkyl halides is 1. The third-order valence-electron chi connectivity index (χ3n) is 2.57. The van der Waals surface area contributed by atoms with Crippen molar-refractivity contribution in [2.24, 2.45) is 0 Å². The molecular weight excluding hydrogens is 328 g/mol. The highest BCUT2D eigenvalue weighted by atomic mass is 79.9. The van der Waals surface area contributed by atoms with Gasteiger partial charge in [0.2, 0.25) is 0 Å². The number of hydrogen-bond donors (Lipinski definition) is 1. The number of carbonyl (C=O) groups excluding carboxylic acids is 1. The number of carbonyl (C=O) groups is 1. The largest absolute Gasteiger partial charge is 0.350 e. The molecule has 0 bridgehead atoms. The molecule has 0 saturated carbocycles. The number of pyridine rings is 1. The summed E-state index contributed by atoms with van der Waals surface area (Å²) in [7, 11) is 0. The molecule has 1 unspecified atom stereocenters. The lowest BCUT2D eigenvalue weighted by Gasteiger charge is -2.11. The Bertz CT molecular complexity index is 562. The number of hydrogen-bond acceptors (Lipinski definition) is 2. The second-order valence-electron chi connectivity index (χ2n) is 3.98. The lowest BCUT2D eigenvalue weighted by Crippen LogP contribution is -2.26. The van der Waals surface area contributed by atoms with E-state index in [1.165, 1.54) is 6.20 Å². The maximum atomic E-state index is 11.9. The average Bonchev–Trinajstić information content (AvgIpc) is 2.45. The molecule has 2 rings (SSSR count). The Morgan fingerprint density at radius 1 is 1.32 bits per heavy atom. The summed E-state index contributed by atoms with van der Waals surface area (Å²) in [5.41, 5.74) is 1.49. The average molecular weight is 340 g/mol. The highest BCUT2D eigenvalue weighted by Gasteiger charge is 2.11. The number of aromatic nitrogens is 1. The molecule has 0 saturated heterocycles. The Hall–Kier alpha value is -1.39. The van der Waals surface area contributed by atoms with Crippen molar-refractivity contribution in [3.63, 3.8) is 0 Å². The van der Waals surface area contributed by atoms with Crippen LogP contribution in [0.5, 0.6) is 0 Å². The van der Waals surface area contributed by atoms with Gasteiger partial charge in [-0.3, -0.25) is 9.78 Å². The van der Waals surface area contributed by atoms with Crippen LogP contribution in [0.4, 0.5) is 0 Å². The van der Waals surface area contributed by atoms with Crippen LogP contribution in [0.15, 0.2) is 53.3 Å². The molecule has 1 heterocycles. The number of benzene rings is 1. The zero-order valence-electron chi connectivity index (χ0n) is 10.0. The molecule has 0 aliphatic heterocycles. The minimum Gasteiger partial charge on any atom is -0.350 e. The van der Waals surface area contributed by atoms with Crippen molar-refractivity contribution in [1.82, 2.24) is 10.3 Å². The molecule has 0 aliphatic carbocycles. The van der Waals surface area contributed by atoms with Gasteiger partial charge < -0.3 is 5.32 Å². The standard InChI is InChI=1S/C14H12BrClN2O/c15-12-6-11(7-17-8-12)14(19)18-9-13(16)10-4-2-1-3-5-10/h1-8,13H,9H2,(H,18,19). The number of rotatable bonds is 4. The first-order chi connectivity index (χ1) is 9.16. The lowest BCUT2D eigenvalue weighted by molar-refractivity contribution is 0.0953. The van der Waals surface area contributed by atoms with Gasteiger partial charge in [-0.2, -0.15) is 0 Å². The Morgan fingerprint density at radius 3 is 2.74 bits per heavy atom. The summed E-state index contributed by atoms with van der Waals surface area (Å²) in [5, 5.41) is 2.55. The summed E-state index contributed by atoms with van der Waals surface area (Å²) in [5.74, 6) is -0.185. The van der Waals surface area contributed by atoms with Gasteiger partial charge in [0.15, 0.2) is 0 Å². The van der Waals surface area contributed by atoms with E-state index in [0.29, 0.717) is 12.1 Å². The van der Waals surface area contributed by atoms with E-state index >= 15 is 0 Å². The second kappa shape index (κ2) is 6.68. The number of nitrogens with zero attached hydrogens (tertiary/aromatic N) is 1. The molecule has 1 amide bonds. The minimum atomic E-state index is -0.245. The normalized spacial score (nSPS) is 11.9. The highest BCUT2D eigenvalue weighted by molar-refractivity contribution is 9.10. The molecule has 1 aromatic carbocycles. The zero-order valence-corrected chi connectivity index (χ0v) is 12.4. The van der Waals surface area contributed by atoms with Gasteiger partial charge >= 0.3 is 0 Å². The Labute approximate surface area is 125 Å². The topological polar surface area (TPSA) is 42.0 Å². The molecule has 0 fully saturated rings. The van der Waals surface area contributed by atoms with Crippen LogP contribution in [0.25, 0.3) is 0 Å². The molecule has 1 atom stereocenters. The maximum absolute atomic E-state index is 11.9. The van der Waals surface area contributed by atoms with Crippen molar-refractivity contribution in [2.45, 2.75) is 5.38 Å². The van der Waals surface area contributed by atoms with Gasteiger partial charge in [-0.15, -0.1) is 11.6 Å². The van der Waals surface area contributed by atoms with Gasteiger partial charge in [0, 0.05) is 23.4 Å². The molecule has 19 heavy (non-hydrogen) atoms. The van der Waals surface area contributed by atoms with Crippen LogP contribution in [-0.4, -0.2) is 17.4 Å². The predicted molar refractivity (Wildman–Crippen MR) is 79.3 cm³/mol. The maximum Gasteiger partial charge on any atom is 0.252 e. The second-order valence-corrected chi connectivity index (χ2v) is 5.42. The van der Waals surface area contributed by atoms with E-state index < -0.39 is 0 Å². The summed E-state index contributed by atoms with van der Waals surface area (Å²) in [4.78, 5) is 15.9. The molecule has 2 aromatic rings. The quantitative estimate of drug-likeness (QED) is 0.866. The van der Waals surface area contributed by atoms with Crippen molar-refractivity contribution in [3.8, 4) is 0 Å². The first-order valence-corrected chi connectivity index (χ1v) is 6.97. The van der Waals surface area contributed by atoms with Gasteiger partial charge in [0.1, 0.15) is 0 Å².